The van der Waals surface area contributed by atoms with E-state index in [0.717, 1.165) is 25.7 Å². The summed E-state index contributed by atoms with van der Waals surface area (Å²) < 4.78 is 0.886. The van der Waals surface area contributed by atoms with Gasteiger partial charge in [0.1, 0.15) is 5.25 Å². The minimum Gasteiger partial charge on any atom is -0.307 e. The number of hydrogen-bond acceptors (Lipinski definition) is 5. The molecule has 4 rings (SSSR count). The molecule has 2 atom stereocenters. The first-order valence-corrected chi connectivity index (χ1v) is 9.83. The van der Waals surface area contributed by atoms with Crippen LogP contribution >= 0.6 is 39.0 Å². The van der Waals surface area contributed by atoms with Gasteiger partial charge in [0, 0.05) is 14.8 Å². The first-order chi connectivity index (χ1) is 11.3. The molecule has 2 aliphatic heterocycles. The van der Waals surface area contributed by atoms with Crippen molar-refractivity contribution in [2.45, 2.75) is 29.5 Å². The van der Waals surface area contributed by atoms with Crippen LogP contribution in [-0.2, 0) is 15.0 Å². The van der Waals surface area contributed by atoms with E-state index in [0.29, 0.717) is 5.69 Å². The van der Waals surface area contributed by atoms with Crippen molar-refractivity contribution in [3.8, 4) is 0 Å². The largest absolute Gasteiger partial charge is 0.307 e. The lowest BCUT2D eigenvalue weighted by molar-refractivity contribution is -0.123. The molecule has 3 heterocycles. The van der Waals surface area contributed by atoms with Gasteiger partial charge < -0.3 is 4.98 Å². The smallest absolute Gasteiger partial charge is 0.305 e. The van der Waals surface area contributed by atoms with E-state index in [1.165, 1.54) is 16.7 Å². The highest BCUT2D eigenvalue weighted by atomic mass is 79.9. The molecule has 1 N–H and O–H groups in total. The van der Waals surface area contributed by atoms with E-state index in [-0.39, 0.29) is 16.7 Å². The number of amides is 2. The number of aromatic amines is 1. The summed E-state index contributed by atoms with van der Waals surface area (Å²) >= 11 is 5.79. The van der Waals surface area contributed by atoms with Gasteiger partial charge in [-0.3, -0.25) is 14.4 Å². The highest BCUT2D eigenvalue weighted by Gasteiger charge is 2.59. The zero-order chi connectivity index (χ0) is 17.2. The molecule has 1 saturated heterocycles. The second-order valence-corrected chi connectivity index (χ2v) is 9.45. The van der Waals surface area contributed by atoms with Crippen molar-refractivity contribution in [1.82, 2.24) is 4.98 Å². The molecule has 0 aliphatic carbocycles. The third-order valence-corrected chi connectivity index (χ3v) is 7.71. The van der Waals surface area contributed by atoms with Crippen LogP contribution in [0.1, 0.15) is 18.7 Å². The molecule has 5 nitrogen and oxygen atoms in total. The number of carbonyl (C=O) groups excluding carboxylic acids is 2. The van der Waals surface area contributed by atoms with E-state index in [1.807, 2.05) is 26.0 Å². The second kappa shape index (κ2) is 5.31. The Morgan fingerprint density at radius 1 is 1.12 bits per heavy atom. The lowest BCUT2D eigenvalue weighted by atomic mass is 9.76. The Bertz CT molecular complexity index is 916. The van der Waals surface area contributed by atoms with Gasteiger partial charge in [-0.25, -0.2) is 4.90 Å². The fourth-order valence-electron chi connectivity index (χ4n) is 3.39. The molecule has 1 aromatic heterocycles. The number of aromatic nitrogens is 1. The number of carbonyl (C=O) groups is 2. The molecule has 1 aromatic carbocycles. The minimum atomic E-state index is -0.564. The molecule has 0 bridgehead atoms. The van der Waals surface area contributed by atoms with E-state index >= 15 is 0 Å². The number of nitrogens with zero attached hydrogens (tertiary/aromatic N) is 1. The van der Waals surface area contributed by atoms with Gasteiger partial charge in [-0.1, -0.05) is 52.9 Å². The monoisotopic (exact) mass is 424 g/mol. The fraction of sp³-hybridized carbons (Fsp3) is 0.312. The van der Waals surface area contributed by atoms with Gasteiger partial charge in [0.15, 0.2) is 0 Å². The molecule has 1 fully saturated rings. The highest BCUT2D eigenvalue weighted by Crippen LogP contribution is 2.53. The lowest BCUT2D eigenvalue weighted by Gasteiger charge is -2.36. The summed E-state index contributed by atoms with van der Waals surface area (Å²) in [5.74, 6) is -0.892. The molecule has 2 amide bonds. The van der Waals surface area contributed by atoms with E-state index in [2.05, 4.69) is 20.9 Å². The van der Waals surface area contributed by atoms with Crippen molar-refractivity contribution >= 4 is 56.5 Å². The topological polar surface area (TPSA) is 70.2 Å². The molecular weight excluding hydrogens is 412 g/mol. The molecule has 24 heavy (non-hydrogen) atoms. The maximum absolute atomic E-state index is 13.1. The number of thioether (sulfide) groups is 1. The molecule has 0 spiro atoms. The maximum atomic E-state index is 13.1. The SMILES string of the molecule is CC1(C)c2sc(=O)[nH]c2S[C@H]2C(=O)N(c3ccc(Br)cc3)C(=O)[C@@H]21. The Morgan fingerprint density at radius 3 is 2.46 bits per heavy atom. The zero-order valence-electron chi connectivity index (χ0n) is 12.8. The molecule has 8 heteroatoms. The van der Waals surface area contributed by atoms with Gasteiger partial charge in [-0.15, -0.1) is 0 Å². The third-order valence-electron chi connectivity index (χ3n) is 4.56. The van der Waals surface area contributed by atoms with Crippen LogP contribution in [0, 0.1) is 5.92 Å². The van der Waals surface area contributed by atoms with Gasteiger partial charge in [0.2, 0.25) is 11.8 Å². The van der Waals surface area contributed by atoms with Crippen LogP contribution in [0.3, 0.4) is 0 Å². The van der Waals surface area contributed by atoms with Crippen molar-refractivity contribution in [3.05, 3.63) is 43.3 Å². The summed E-state index contributed by atoms with van der Waals surface area (Å²) in [6.45, 7) is 3.87. The van der Waals surface area contributed by atoms with Gasteiger partial charge in [-0.2, -0.15) is 0 Å². The molecule has 2 aliphatic rings. The second-order valence-electron chi connectivity index (χ2n) is 6.40. The van der Waals surface area contributed by atoms with Crippen LogP contribution < -0.4 is 9.77 Å². The van der Waals surface area contributed by atoms with Crippen LogP contribution in [0.15, 0.2) is 38.6 Å². The number of thiazole rings is 1. The predicted molar refractivity (Wildman–Crippen MR) is 97.7 cm³/mol. The van der Waals surface area contributed by atoms with Gasteiger partial charge in [0.25, 0.3) is 0 Å². The standard InChI is InChI=1S/C16H13BrN2O3S2/c1-16(2)9-10(23-12-11(16)24-15(22)18-12)14(21)19(13(9)20)8-5-3-7(17)4-6-8/h3-6,9-10H,1-2H3,(H,18,22)/t9-,10-/m1/s1. The van der Waals surface area contributed by atoms with Crippen LogP contribution in [0.25, 0.3) is 0 Å². The minimum absolute atomic E-state index is 0.148. The Balaban J connectivity index is 1.81. The lowest BCUT2D eigenvalue weighted by Crippen LogP contribution is -2.41. The fourth-order valence-corrected chi connectivity index (χ4v) is 6.43. The summed E-state index contributed by atoms with van der Waals surface area (Å²) in [7, 11) is 0. The summed E-state index contributed by atoms with van der Waals surface area (Å²) in [5, 5.41) is 0.212. The predicted octanol–water partition coefficient (Wildman–Crippen LogP) is 3.14. The molecule has 0 radical (unpaired) electrons. The van der Waals surface area contributed by atoms with Crippen LogP contribution in [0.4, 0.5) is 5.69 Å². The van der Waals surface area contributed by atoms with Crippen LogP contribution in [0.5, 0.6) is 0 Å². The first kappa shape index (κ1) is 16.1. The van der Waals surface area contributed by atoms with Gasteiger partial charge >= 0.3 is 4.87 Å². The number of fused-ring (bicyclic) bond motifs is 2. The zero-order valence-corrected chi connectivity index (χ0v) is 16.0. The number of rotatable bonds is 1. The Kier molecular flexibility index (Phi) is 3.56. The van der Waals surface area contributed by atoms with E-state index in [1.54, 1.807) is 12.1 Å². The summed E-state index contributed by atoms with van der Waals surface area (Å²) in [6, 6.07) is 7.13. The number of anilines is 1. The number of hydrogen-bond donors (Lipinski definition) is 1. The number of benzene rings is 1. The highest BCUT2D eigenvalue weighted by molar-refractivity contribution is 9.10. The van der Waals surface area contributed by atoms with Crippen molar-refractivity contribution < 1.29 is 9.59 Å². The van der Waals surface area contributed by atoms with Crippen molar-refractivity contribution in [3.63, 3.8) is 0 Å². The molecular formula is C16H13BrN2O3S2. The number of nitrogens with one attached hydrogen (secondary N) is 1. The Morgan fingerprint density at radius 2 is 1.79 bits per heavy atom. The Hall–Kier alpha value is -1.38. The van der Waals surface area contributed by atoms with Crippen molar-refractivity contribution in [1.29, 1.82) is 0 Å². The van der Waals surface area contributed by atoms with Crippen LogP contribution in [-0.4, -0.2) is 22.0 Å². The number of H-pyrrole nitrogens is 1. The molecule has 0 unspecified atom stereocenters. The molecule has 124 valence electrons. The first-order valence-electron chi connectivity index (χ1n) is 7.34. The average Bonchev–Trinajstić information content (AvgIpc) is 3.00. The van der Waals surface area contributed by atoms with Crippen molar-refractivity contribution in [2.75, 3.05) is 4.90 Å². The van der Waals surface area contributed by atoms with E-state index < -0.39 is 16.6 Å². The maximum Gasteiger partial charge on any atom is 0.305 e. The number of imide groups is 1. The van der Waals surface area contributed by atoms with Crippen LogP contribution in [0.2, 0.25) is 0 Å². The summed E-state index contributed by atoms with van der Waals surface area (Å²) in [4.78, 5) is 42.5. The van der Waals surface area contributed by atoms with E-state index in [9.17, 15) is 14.4 Å². The van der Waals surface area contributed by atoms with Gasteiger partial charge in [-0.05, 0) is 24.3 Å². The number of halogens is 1. The summed E-state index contributed by atoms with van der Waals surface area (Å²) in [6.07, 6.45) is 0. The summed E-state index contributed by atoms with van der Waals surface area (Å²) in [5.41, 5.74) is 0.0159. The normalized spacial score (nSPS) is 24.9. The van der Waals surface area contributed by atoms with E-state index in [4.69, 9.17) is 0 Å². The van der Waals surface area contributed by atoms with Crippen molar-refractivity contribution in [2.24, 2.45) is 5.92 Å². The molecule has 0 saturated carbocycles. The average molecular weight is 425 g/mol. The third kappa shape index (κ3) is 2.16. The molecule has 2 aromatic rings. The Labute approximate surface area is 154 Å². The van der Waals surface area contributed by atoms with Gasteiger partial charge in [0.05, 0.1) is 16.6 Å². The quantitative estimate of drug-likeness (QED) is 0.713.